The van der Waals surface area contributed by atoms with E-state index in [1.54, 1.807) is 14.2 Å². The van der Waals surface area contributed by atoms with Crippen LogP contribution in [-0.4, -0.2) is 27.3 Å². The standard InChI is InChI=1S/C18H22N2O2/c1-4-20-15-11-18(22-3)17(21-2)10-14(15)19-12-16(20)13-8-6-5-7-9-13/h5-11,16,19H,4,12H2,1-3H3. The van der Waals surface area contributed by atoms with Crippen molar-refractivity contribution >= 4 is 11.4 Å². The van der Waals surface area contributed by atoms with Crippen LogP contribution in [0.5, 0.6) is 11.5 Å². The van der Waals surface area contributed by atoms with E-state index in [4.69, 9.17) is 9.47 Å². The van der Waals surface area contributed by atoms with E-state index in [2.05, 4.69) is 53.5 Å². The molecule has 1 aliphatic heterocycles. The van der Waals surface area contributed by atoms with Crippen LogP contribution in [0.2, 0.25) is 0 Å². The molecular weight excluding hydrogens is 276 g/mol. The molecule has 1 aliphatic rings. The smallest absolute Gasteiger partial charge is 0.162 e. The molecule has 2 aromatic carbocycles. The van der Waals surface area contributed by atoms with Gasteiger partial charge >= 0.3 is 0 Å². The van der Waals surface area contributed by atoms with E-state index in [1.807, 2.05) is 6.07 Å². The molecule has 0 amide bonds. The monoisotopic (exact) mass is 298 g/mol. The first kappa shape index (κ1) is 14.6. The highest BCUT2D eigenvalue weighted by molar-refractivity contribution is 5.77. The summed E-state index contributed by atoms with van der Waals surface area (Å²) in [6, 6.07) is 15.0. The maximum Gasteiger partial charge on any atom is 0.162 e. The number of nitrogens with one attached hydrogen (secondary N) is 1. The molecule has 4 nitrogen and oxygen atoms in total. The van der Waals surface area contributed by atoms with Gasteiger partial charge in [0.1, 0.15) is 0 Å². The average molecular weight is 298 g/mol. The van der Waals surface area contributed by atoms with Crippen LogP contribution in [0.25, 0.3) is 0 Å². The van der Waals surface area contributed by atoms with Crippen molar-refractivity contribution in [2.45, 2.75) is 13.0 Å². The second kappa shape index (κ2) is 6.18. The van der Waals surface area contributed by atoms with Gasteiger partial charge in [-0.25, -0.2) is 0 Å². The highest BCUT2D eigenvalue weighted by Gasteiger charge is 2.27. The van der Waals surface area contributed by atoms with Crippen molar-refractivity contribution in [3.05, 3.63) is 48.0 Å². The first-order valence-corrected chi connectivity index (χ1v) is 7.60. The first-order chi connectivity index (χ1) is 10.8. The Labute approximate surface area is 131 Å². The van der Waals surface area contributed by atoms with E-state index >= 15 is 0 Å². The van der Waals surface area contributed by atoms with Crippen LogP contribution in [-0.2, 0) is 0 Å². The van der Waals surface area contributed by atoms with Crippen molar-refractivity contribution in [3.8, 4) is 11.5 Å². The summed E-state index contributed by atoms with van der Waals surface area (Å²) in [6.45, 7) is 3.99. The molecule has 0 radical (unpaired) electrons. The van der Waals surface area contributed by atoms with Gasteiger partial charge in [-0.15, -0.1) is 0 Å². The number of rotatable bonds is 4. The van der Waals surface area contributed by atoms with Gasteiger partial charge in [-0.3, -0.25) is 0 Å². The number of nitrogens with zero attached hydrogens (tertiary/aromatic N) is 1. The Morgan fingerprint density at radius 1 is 1.09 bits per heavy atom. The molecule has 2 aromatic rings. The fourth-order valence-electron chi connectivity index (χ4n) is 3.10. The largest absolute Gasteiger partial charge is 0.493 e. The minimum atomic E-state index is 0.316. The van der Waals surface area contributed by atoms with Crippen LogP contribution < -0.4 is 19.7 Å². The van der Waals surface area contributed by atoms with Gasteiger partial charge in [0, 0.05) is 25.2 Å². The maximum absolute atomic E-state index is 5.46. The van der Waals surface area contributed by atoms with Crippen LogP contribution in [0, 0.1) is 0 Å². The van der Waals surface area contributed by atoms with Gasteiger partial charge in [0.05, 0.1) is 31.6 Å². The normalized spacial score (nSPS) is 16.7. The maximum atomic E-state index is 5.46. The Hall–Kier alpha value is -2.36. The molecule has 116 valence electrons. The summed E-state index contributed by atoms with van der Waals surface area (Å²) in [5.41, 5.74) is 3.56. The summed E-state index contributed by atoms with van der Waals surface area (Å²) in [7, 11) is 3.34. The molecule has 1 atom stereocenters. The van der Waals surface area contributed by atoms with E-state index in [0.717, 1.165) is 36.0 Å². The third-order valence-corrected chi connectivity index (χ3v) is 4.20. The quantitative estimate of drug-likeness (QED) is 0.933. The molecule has 0 fully saturated rings. The third kappa shape index (κ3) is 2.45. The van der Waals surface area contributed by atoms with E-state index in [-0.39, 0.29) is 0 Å². The minimum absolute atomic E-state index is 0.316. The van der Waals surface area contributed by atoms with Gasteiger partial charge in [0.2, 0.25) is 0 Å². The molecule has 0 aromatic heterocycles. The molecule has 4 heteroatoms. The van der Waals surface area contributed by atoms with Gasteiger partial charge in [0.25, 0.3) is 0 Å². The average Bonchev–Trinajstić information content (AvgIpc) is 2.60. The molecule has 1 heterocycles. The number of hydrogen-bond acceptors (Lipinski definition) is 4. The highest BCUT2D eigenvalue weighted by atomic mass is 16.5. The van der Waals surface area contributed by atoms with Crippen LogP contribution in [0.1, 0.15) is 18.5 Å². The molecule has 3 rings (SSSR count). The summed E-state index contributed by atoms with van der Waals surface area (Å²) in [5.74, 6) is 1.51. The third-order valence-electron chi connectivity index (χ3n) is 4.20. The lowest BCUT2D eigenvalue weighted by Crippen LogP contribution is -2.37. The lowest BCUT2D eigenvalue weighted by Gasteiger charge is -2.39. The number of benzene rings is 2. The second-order valence-electron chi connectivity index (χ2n) is 5.32. The number of hydrogen-bond donors (Lipinski definition) is 1. The van der Waals surface area contributed by atoms with Crippen molar-refractivity contribution in [3.63, 3.8) is 0 Å². The number of methoxy groups -OCH3 is 2. The SMILES string of the molecule is CCN1c2cc(OC)c(OC)cc2NCC1c1ccccc1. The molecule has 0 saturated heterocycles. The fourth-order valence-corrected chi connectivity index (χ4v) is 3.10. The molecular formula is C18H22N2O2. The molecule has 0 aliphatic carbocycles. The molecule has 1 N–H and O–H groups in total. The predicted molar refractivity (Wildman–Crippen MR) is 90.2 cm³/mol. The zero-order valence-electron chi connectivity index (χ0n) is 13.3. The first-order valence-electron chi connectivity index (χ1n) is 7.60. The number of fused-ring (bicyclic) bond motifs is 1. The minimum Gasteiger partial charge on any atom is -0.493 e. The summed E-state index contributed by atoms with van der Waals surface area (Å²) in [6.07, 6.45) is 0. The van der Waals surface area contributed by atoms with Crippen molar-refractivity contribution in [2.24, 2.45) is 0 Å². The van der Waals surface area contributed by atoms with Crippen LogP contribution in [0.15, 0.2) is 42.5 Å². The predicted octanol–water partition coefficient (Wildman–Crippen LogP) is 3.70. The fraction of sp³-hybridized carbons (Fsp3) is 0.333. The Morgan fingerprint density at radius 2 is 1.77 bits per heavy atom. The molecule has 0 spiro atoms. The van der Waals surface area contributed by atoms with Gasteiger partial charge in [-0.05, 0) is 12.5 Å². The topological polar surface area (TPSA) is 33.7 Å². The van der Waals surface area contributed by atoms with Gasteiger partial charge in [0.15, 0.2) is 11.5 Å². The Balaban J connectivity index is 2.03. The van der Waals surface area contributed by atoms with Crippen LogP contribution in [0.3, 0.4) is 0 Å². The Bertz CT molecular complexity index is 643. The highest BCUT2D eigenvalue weighted by Crippen LogP contribution is 2.43. The van der Waals surface area contributed by atoms with E-state index in [0.29, 0.717) is 6.04 Å². The molecule has 0 saturated carbocycles. The number of ether oxygens (including phenoxy) is 2. The van der Waals surface area contributed by atoms with E-state index < -0.39 is 0 Å². The Morgan fingerprint density at radius 3 is 2.41 bits per heavy atom. The lowest BCUT2D eigenvalue weighted by molar-refractivity contribution is 0.355. The van der Waals surface area contributed by atoms with Gasteiger partial charge < -0.3 is 19.7 Å². The van der Waals surface area contributed by atoms with Crippen molar-refractivity contribution in [2.75, 3.05) is 37.5 Å². The zero-order valence-corrected chi connectivity index (χ0v) is 13.3. The van der Waals surface area contributed by atoms with E-state index in [9.17, 15) is 0 Å². The van der Waals surface area contributed by atoms with Crippen molar-refractivity contribution < 1.29 is 9.47 Å². The van der Waals surface area contributed by atoms with Crippen molar-refractivity contribution in [1.29, 1.82) is 0 Å². The van der Waals surface area contributed by atoms with Crippen LogP contribution >= 0.6 is 0 Å². The van der Waals surface area contributed by atoms with Crippen LogP contribution in [0.4, 0.5) is 11.4 Å². The van der Waals surface area contributed by atoms with Gasteiger partial charge in [-0.1, -0.05) is 30.3 Å². The summed E-state index contributed by atoms with van der Waals surface area (Å²) in [4.78, 5) is 2.41. The van der Waals surface area contributed by atoms with Crippen molar-refractivity contribution in [1.82, 2.24) is 0 Å². The molecule has 0 bridgehead atoms. The summed E-state index contributed by atoms with van der Waals surface area (Å²) >= 11 is 0. The summed E-state index contributed by atoms with van der Waals surface area (Å²) < 4.78 is 10.9. The lowest BCUT2D eigenvalue weighted by atomic mass is 10.0. The number of anilines is 2. The number of likely N-dealkylation sites (N-methyl/N-ethyl adjacent to an activating group) is 1. The zero-order chi connectivity index (χ0) is 15.5. The van der Waals surface area contributed by atoms with Gasteiger partial charge in [-0.2, -0.15) is 0 Å². The second-order valence-corrected chi connectivity index (χ2v) is 5.32. The molecule has 1 unspecified atom stereocenters. The summed E-state index contributed by atoms with van der Waals surface area (Å²) in [5, 5.41) is 3.52. The molecule has 22 heavy (non-hydrogen) atoms. The van der Waals surface area contributed by atoms with E-state index in [1.165, 1.54) is 5.56 Å². The Kier molecular flexibility index (Phi) is 4.09.